The monoisotopic (exact) mass is 342 g/mol. The van der Waals surface area contributed by atoms with Crippen LogP contribution in [0.5, 0.6) is 17.2 Å². The first-order chi connectivity index (χ1) is 12.2. The molecular formula is C19H22N2O4. The molecule has 132 valence electrons. The van der Waals surface area contributed by atoms with Crippen molar-refractivity contribution >= 4 is 5.91 Å². The average molecular weight is 342 g/mol. The summed E-state index contributed by atoms with van der Waals surface area (Å²) in [5.41, 5.74) is 0.522. The van der Waals surface area contributed by atoms with Gasteiger partial charge in [0, 0.05) is 32.1 Å². The predicted molar refractivity (Wildman–Crippen MR) is 93.3 cm³/mol. The number of nitrogens with zero attached hydrogens (tertiary/aromatic N) is 2. The summed E-state index contributed by atoms with van der Waals surface area (Å²) in [7, 11) is 3.11. The molecule has 6 nitrogen and oxygen atoms in total. The maximum atomic E-state index is 12.9. The molecule has 0 bridgehead atoms. The summed E-state index contributed by atoms with van der Waals surface area (Å²) in [5.74, 6) is 1.75. The van der Waals surface area contributed by atoms with Crippen LogP contribution < -0.4 is 14.2 Å². The van der Waals surface area contributed by atoms with Crippen molar-refractivity contribution in [2.45, 2.75) is 18.9 Å². The van der Waals surface area contributed by atoms with Gasteiger partial charge in [-0.25, -0.2) is 0 Å². The number of amides is 1. The number of methoxy groups -OCH3 is 2. The molecule has 0 saturated carbocycles. The molecule has 25 heavy (non-hydrogen) atoms. The van der Waals surface area contributed by atoms with Crippen LogP contribution in [-0.2, 0) is 0 Å². The van der Waals surface area contributed by atoms with E-state index in [2.05, 4.69) is 4.98 Å². The van der Waals surface area contributed by atoms with Crippen molar-refractivity contribution in [3.05, 3.63) is 48.3 Å². The smallest absolute Gasteiger partial charge is 0.257 e. The Kier molecular flexibility index (Phi) is 5.38. The summed E-state index contributed by atoms with van der Waals surface area (Å²) in [5, 5.41) is 0. The van der Waals surface area contributed by atoms with Crippen LogP contribution in [0.1, 0.15) is 23.2 Å². The standard InChI is InChI=1S/C19H22N2O4/c1-23-17-7-3-6-16(18(17)24-2)19(22)21-11-8-14(9-12-21)25-15-5-4-10-20-13-15/h3-7,10,13-14H,8-9,11-12H2,1-2H3. The summed E-state index contributed by atoms with van der Waals surface area (Å²) in [6.07, 6.45) is 5.09. The fourth-order valence-electron chi connectivity index (χ4n) is 3.01. The first-order valence-corrected chi connectivity index (χ1v) is 8.30. The number of hydrogen-bond acceptors (Lipinski definition) is 5. The van der Waals surface area contributed by atoms with Crippen molar-refractivity contribution in [1.29, 1.82) is 0 Å². The number of benzene rings is 1. The van der Waals surface area contributed by atoms with Gasteiger partial charge in [0.05, 0.1) is 26.0 Å². The van der Waals surface area contributed by atoms with Crippen molar-refractivity contribution in [3.63, 3.8) is 0 Å². The number of piperidine rings is 1. The number of likely N-dealkylation sites (tertiary alicyclic amines) is 1. The Labute approximate surface area is 147 Å². The normalized spacial score (nSPS) is 14.9. The molecule has 1 saturated heterocycles. The molecule has 2 aromatic rings. The zero-order chi connectivity index (χ0) is 17.6. The number of carbonyl (C=O) groups excluding carboxylic acids is 1. The highest BCUT2D eigenvalue weighted by molar-refractivity contribution is 5.97. The summed E-state index contributed by atoms with van der Waals surface area (Å²) in [6.45, 7) is 1.29. The van der Waals surface area contributed by atoms with E-state index in [0.29, 0.717) is 30.2 Å². The highest BCUT2D eigenvalue weighted by atomic mass is 16.5. The van der Waals surface area contributed by atoms with Gasteiger partial charge >= 0.3 is 0 Å². The van der Waals surface area contributed by atoms with Crippen LogP contribution in [0.25, 0.3) is 0 Å². The van der Waals surface area contributed by atoms with Gasteiger partial charge in [-0.05, 0) is 24.3 Å². The van der Waals surface area contributed by atoms with Gasteiger partial charge in [-0.15, -0.1) is 0 Å². The van der Waals surface area contributed by atoms with Crippen molar-refractivity contribution in [2.24, 2.45) is 0 Å². The largest absolute Gasteiger partial charge is 0.493 e. The third kappa shape index (κ3) is 3.84. The minimum Gasteiger partial charge on any atom is -0.493 e. The number of hydrogen-bond donors (Lipinski definition) is 0. The molecule has 0 radical (unpaired) electrons. The average Bonchev–Trinajstić information content (AvgIpc) is 2.68. The van der Waals surface area contributed by atoms with E-state index in [4.69, 9.17) is 14.2 Å². The number of rotatable bonds is 5. The number of pyridine rings is 1. The Morgan fingerprint density at radius 2 is 1.92 bits per heavy atom. The molecule has 1 aliphatic rings. The highest BCUT2D eigenvalue weighted by Gasteiger charge is 2.27. The van der Waals surface area contributed by atoms with E-state index in [1.807, 2.05) is 17.0 Å². The second-order valence-corrected chi connectivity index (χ2v) is 5.84. The van der Waals surface area contributed by atoms with Gasteiger partial charge in [-0.2, -0.15) is 0 Å². The van der Waals surface area contributed by atoms with Crippen molar-refractivity contribution in [3.8, 4) is 17.2 Å². The van der Waals surface area contributed by atoms with Crippen molar-refractivity contribution in [1.82, 2.24) is 9.88 Å². The molecule has 1 amide bonds. The lowest BCUT2D eigenvalue weighted by Gasteiger charge is -2.32. The Hall–Kier alpha value is -2.76. The molecule has 1 aliphatic heterocycles. The van der Waals surface area contributed by atoms with Crippen LogP contribution in [-0.4, -0.2) is 49.2 Å². The summed E-state index contributed by atoms with van der Waals surface area (Å²) in [6, 6.07) is 9.09. The first kappa shape index (κ1) is 17.1. The molecule has 2 heterocycles. The SMILES string of the molecule is COc1cccc(C(=O)N2CCC(Oc3cccnc3)CC2)c1OC. The number of ether oxygens (including phenoxy) is 3. The lowest BCUT2D eigenvalue weighted by atomic mass is 10.1. The molecule has 3 rings (SSSR count). The van der Waals surface area contributed by atoms with Crippen LogP contribution in [0.15, 0.2) is 42.7 Å². The van der Waals surface area contributed by atoms with Crippen molar-refractivity contribution < 1.29 is 19.0 Å². The second kappa shape index (κ2) is 7.88. The molecule has 0 unspecified atom stereocenters. The molecule has 0 spiro atoms. The van der Waals surface area contributed by atoms with Gasteiger partial charge in [0.25, 0.3) is 5.91 Å². The van der Waals surface area contributed by atoms with E-state index >= 15 is 0 Å². The molecule has 1 aromatic carbocycles. The van der Waals surface area contributed by atoms with Crippen LogP contribution in [0.3, 0.4) is 0 Å². The van der Waals surface area contributed by atoms with E-state index < -0.39 is 0 Å². The van der Waals surface area contributed by atoms with Crippen LogP contribution in [0, 0.1) is 0 Å². The minimum absolute atomic E-state index is 0.0458. The minimum atomic E-state index is -0.0458. The lowest BCUT2D eigenvalue weighted by molar-refractivity contribution is 0.0591. The summed E-state index contributed by atoms with van der Waals surface area (Å²) in [4.78, 5) is 18.7. The Morgan fingerprint density at radius 1 is 1.12 bits per heavy atom. The third-order valence-electron chi connectivity index (χ3n) is 4.30. The van der Waals surface area contributed by atoms with E-state index in [1.54, 1.807) is 44.8 Å². The maximum absolute atomic E-state index is 12.9. The number of carbonyl (C=O) groups is 1. The highest BCUT2D eigenvalue weighted by Crippen LogP contribution is 2.32. The molecule has 1 aromatic heterocycles. The maximum Gasteiger partial charge on any atom is 0.257 e. The Bertz CT molecular complexity index is 713. The van der Waals surface area contributed by atoms with E-state index in [0.717, 1.165) is 18.6 Å². The first-order valence-electron chi connectivity index (χ1n) is 8.30. The molecular weight excluding hydrogens is 320 g/mol. The lowest BCUT2D eigenvalue weighted by Crippen LogP contribution is -2.41. The predicted octanol–water partition coefficient (Wildman–Crippen LogP) is 2.78. The van der Waals surface area contributed by atoms with Gasteiger partial charge in [0.2, 0.25) is 0 Å². The molecule has 0 aliphatic carbocycles. The topological polar surface area (TPSA) is 60.9 Å². The zero-order valence-electron chi connectivity index (χ0n) is 14.5. The second-order valence-electron chi connectivity index (χ2n) is 5.84. The molecule has 0 atom stereocenters. The van der Waals surface area contributed by atoms with E-state index in [9.17, 15) is 4.79 Å². The van der Waals surface area contributed by atoms with Gasteiger partial charge in [-0.3, -0.25) is 9.78 Å². The fraction of sp³-hybridized carbons (Fsp3) is 0.368. The third-order valence-corrected chi connectivity index (χ3v) is 4.30. The van der Waals surface area contributed by atoms with E-state index in [1.165, 1.54) is 0 Å². The van der Waals surface area contributed by atoms with Gasteiger partial charge in [0.1, 0.15) is 11.9 Å². The molecule has 6 heteroatoms. The van der Waals surface area contributed by atoms with Crippen LogP contribution in [0.4, 0.5) is 0 Å². The Balaban J connectivity index is 1.64. The van der Waals surface area contributed by atoms with Crippen LogP contribution >= 0.6 is 0 Å². The summed E-state index contributed by atoms with van der Waals surface area (Å²) >= 11 is 0. The Morgan fingerprint density at radius 3 is 2.56 bits per heavy atom. The van der Waals surface area contributed by atoms with Crippen LogP contribution in [0.2, 0.25) is 0 Å². The summed E-state index contributed by atoms with van der Waals surface area (Å²) < 4.78 is 16.6. The van der Waals surface area contributed by atoms with Gasteiger partial charge in [-0.1, -0.05) is 6.07 Å². The molecule has 0 N–H and O–H groups in total. The quantitative estimate of drug-likeness (QED) is 0.836. The van der Waals surface area contributed by atoms with Crippen molar-refractivity contribution in [2.75, 3.05) is 27.3 Å². The molecule has 1 fully saturated rings. The van der Waals surface area contributed by atoms with E-state index in [-0.39, 0.29) is 12.0 Å². The number of para-hydroxylation sites is 1. The number of aromatic nitrogens is 1. The van der Waals surface area contributed by atoms with Gasteiger partial charge in [0.15, 0.2) is 11.5 Å². The van der Waals surface area contributed by atoms with Gasteiger partial charge < -0.3 is 19.1 Å². The zero-order valence-corrected chi connectivity index (χ0v) is 14.5. The fourth-order valence-corrected chi connectivity index (χ4v) is 3.01.